The summed E-state index contributed by atoms with van der Waals surface area (Å²) in [6.45, 7) is 2.16. The number of allylic oxidation sites excluding steroid dienone is 4. The number of halogens is 1. The number of hydrogen-bond acceptors (Lipinski definition) is 0. The lowest BCUT2D eigenvalue weighted by atomic mass is 9.79. The molecule has 0 nitrogen and oxygen atoms in total. The molecule has 0 fully saturated rings. The number of alkyl halides is 1. The van der Waals surface area contributed by atoms with Crippen LogP contribution in [0.1, 0.15) is 30.4 Å². The van der Waals surface area contributed by atoms with E-state index in [1.54, 1.807) is 0 Å². The van der Waals surface area contributed by atoms with Crippen molar-refractivity contribution in [2.75, 3.05) is 0 Å². The summed E-state index contributed by atoms with van der Waals surface area (Å²) < 4.78 is 0. The van der Waals surface area contributed by atoms with Crippen molar-refractivity contribution in [3.05, 3.63) is 83.5 Å². The topological polar surface area (TPSA) is 0 Å². The van der Waals surface area contributed by atoms with Crippen molar-refractivity contribution in [1.82, 2.24) is 0 Å². The molecule has 0 amide bonds. The number of fused-ring (bicyclic) bond motifs is 3. The maximum absolute atomic E-state index is 7.10. The molecule has 1 heteroatoms. The zero-order valence-electron chi connectivity index (χ0n) is 12.0. The highest BCUT2D eigenvalue weighted by Gasteiger charge is 2.43. The van der Waals surface area contributed by atoms with Crippen LogP contribution in [0.3, 0.4) is 0 Å². The largest absolute Gasteiger partial charge is 0.114 e. The van der Waals surface area contributed by atoms with E-state index in [9.17, 15) is 0 Å². The summed E-state index contributed by atoms with van der Waals surface area (Å²) in [6, 6.07) is 17.3. The molecule has 0 radical (unpaired) electrons. The van der Waals surface area contributed by atoms with Crippen molar-refractivity contribution in [3.63, 3.8) is 0 Å². The van der Waals surface area contributed by atoms with Gasteiger partial charge in [-0.2, -0.15) is 0 Å². The van der Waals surface area contributed by atoms with Gasteiger partial charge < -0.3 is 0 Å². The average Bonchev–Trinajstić information content (AvgIpc) is 3.14. The van der Waals surface area contributed by atoms with Gasteiger partial charge in [-0.1, -0.05) is 66.8 Å². The van der Waals surface area contributed by atoms with Crippen molar-refractivity contribution >= 4 is 11.6 Å². The minimum Gasteiger partial charge on any atom is -0.114 e. The first kappa shape index (κ1) is 12.9. The Morgan fingerprint density at radius 2 is 1.52 bits per heavy atom. The molecule has 0 N–H and O–H groups in total. The van der Waals surface area contributed by atoms with Crippen molar-refractivity contribution in [2.24, 2.45) is 0 Å². The van der Waals surface area contributed by atoms with Crippen LogP contribution in [0.2, 0.25) is 0 Å². The van der Waals surface area contributed by atoms with E-state index in [1.165, 1.54) is 27.8 Å². The van der Waals surface area contributed by atoms with Crippen LogP contribution >= 0.6 is 11.6 Å². The van der Waals surface area contributed by atoms with E-state index < -0.39 is 0 Å². The highest BCUT2D eigenvalue weighted by atomic mass is 35.5. The van der Waals surface area contributed by atoms with Gasteiger partial charge in [0, 0.05) is 5.92 Å². The molecule has 0 bridgehead atoms. The molecule has 0 saturated heterocycles. The lowest BCUT2D eigenvalue weighted by Gasteiger charge is -2.32. The maximum atomic E-state index is 7.10. The van der Waals surface area contributed by atoms with Gasteiger partial charge >= 0.3 is 0 Å². The second-order valence-electron chi connectivity index (χ2n) is 6.01. The summed E-state index contributed by atoms with van der Waals surface area (Å²) in [6.07, 6.45) is 7.43. The van der Waals surface area contributed by atoms with Crippen molar-refractivity contribution in [1.29, 1.82) is 0 Å². The van der Waals surface area contributed by atoms with Crippen LogP contribution < -0.4 is 0 Å². The van der Waals surface area contributed by atoms with E-state index in [0.29, 0.717) is 0 Å². The first-order valence-electron chi connectivity index (χ1n) is 7.43. The predicted molar refractivity (Wildman–Crippen MR) is 89.8 cm³/mol. The lowest BCUT2D eigenvalue weighted by molar-refractivity contribution is 0.633. The van der Waals surface area contributed by atoms with Crippen molar-refractivity contribution in [3.8, 4) is 11.1 Å². The Kier molecular flexibility index (Phi) is 2.83. The van der Waals surface area contributed by atoms with Crippen LogP contribution in [0, 0.1) is 0 Å². The first-order valence-corrected chi connectivity index (χ1v) is 7.80. The number of rotatable bonds is 2. The Labute approximate surface area is 130 Å². The Morgan fingerprint density at radius 3 is 2.05 bits per heavy atom. The zero-order valence-corrected chi connectivity index (χ0v) is 12.8. The molecule has 0 aliphatic heterocycles. The summed E-state index contributed by atoms with van der Waals surface area (Å²) in [5.41, 5.74) is 6.67. The molecule has 2 aromatic rings. The summed E-state index contributed by atoms with van der Waals surface area (Å²) in [5, 5.41) is 0. The van der Waals surface area contributed by atoms with Gasteiger partial charge in [0.05, 0.1) is 4.87 Å². The van der Waals surface area contributed by atoms with Gasteiger partial charge in [-0.3, -0.25) is 0 Å². The minimum absolute atomic E-state index is 0.220. The third-order valence-electron chi connectivity index (χ3n) is 4.78. The molecular weight excluding hydrogens is 276 g/mol. The third kappa shape index (κ3) is 1.82. The molecule has 4 rings (SSSR count). The van der Waals surface area contributed by atoms with E-state index in [4.69, 9.17) is 11.6 Å². The molecule has 1 unspecified atom stereocenters. The Hall–Kier alpha value is -1.79. The predicted octanol–water partition coefficient (Wildman–Crippen LogP) is 5.68. The Balaban J connectivity index is 1.93. The number of benzene rings is 2. The van der Waals surface area contributed by atoms with Gasteiger partial charge in [-0.05, 0) is 41.2 Å². The van der Waals surface area contributed by atoms with Gasteiger partial charge in [-0.15, -0.1) is 11.6 Å². The van der Waals surface area contributed by atoms with E-state index in [-0.39, 0.29) is 10.8 Å². The fraction of sp³-hybridized carbons (Fsp3) is 0.200. The van der Waals surface area contributed by atoms with E-state index in [1.807, 2.05) is 0 Å². The second kappa shape index (κ2) is 4.61. The maximum Gasteiger partial charge on any atom is 0.0742 e. The monoisotopic (exact) mass is 292 g/mol. The second-order valence-corrected chi connectivity index (χ2v) is 6.79. The van der Waals surface area contributed by atoms with Gasteiger partial charge in [0.1, 0.15) is 0 Å². The molecule has 1 atom stereocenters. The molecule has 0 spiro atoms. The highest BCUT2D eigenvalue weighted by molar-refractivity contribution is 6.27. The Morgan fingerprint density at radius 1 is 0.952 bits per heavy atom. The van der Waals surface area contributed by atoms with Crippen molar-refractivity contribution in [2.45, 2.75) is 24.1 Å². The molecule has 0 aromatic heterocycles. The van der Waals surface area contributed by atoms with E-state index >= 15 is 0 Å². The van der Waals surface area contributed by atoms with E-state index in [0.717, 1.165) is 6.42 Å². The van der Waals surface area contributed by atoms with Crippen LogP contribution in [0.15, 0.2) is 72.3 Å². The minimum atomic E-state index is -0.383. The fourth-order valence-electron chi connectivity index (χ4n) is 3.73. The van der Waals surface area contributed by atoms with Gasteiger partial charge in [-0.25, -0.2) is 0 Å². The molecule has 0 heterocycles. The van der Waals surface area contributed by atoms with Crippen LogP contribution in [0.25, 0.3) is 11.1 Å². The standard InChI is InChI=1S/C20H17Cl/c1-20(21,14-8-2-3-9-14)19-17-12-6-4-10-15(17)16-11-5-7-13-18(16)19/h2-8,10-13,19H,9H2,1H3. The molecule has 104 valence electrons. The third-order valence-corrected chi connectivity index (χ3v) is 5.24. The van der Waals surface area contributed by atoms with Crippen LogP contribution in [-0.4, -0.2) is 4.87 Å². The SMILES string of the molecule is CC(Cl)(C1=CC=CC1)C1c2ccccc2-c2ccccc21. The van der Waals surface area contributed by atoms with Crippen molar-refractivity contribution < 1.29 is 0 Å². The summed E-state index contributed by atoms with van der Waals surface area (Å²) in [5.74, 6) is 0.220. The van der Waals surface area contributed by atoms with Crippen LogP contribution in [0.4, 0.5) is 0 Å². The van der Waals surface area contributed by atoms with Crippen LogP contribution in [-0.2, 0) is 0 Å². The van der Waals surface area contributed by atoms with Gasteiger partial charge in [0.25, 0.3) is 0 Å². The number of hydrogen-bond donors (Lipinski definition) is 0. The molecule has 2 aromatic carbocycles. The normalized spacial score (nSPS) is 19.0. The average molecular weight is 293 g/mol. The molecule has 0 saturated carbocycles. The summed E-state index contributed by atoms with van der Waals surface area (Å²) >= 11 is 7.10. The van der Waals surface area contributed by atoms with Gasteiger partial charge in [0.2, 0.25) is 0 Å². The lowest BCUT2D eigenvalue weighted by Crippen LogP contribution is -2.28. The smallest absolute Gasteiger partial charge is 0.0742 e. The zero-order chi connectivity index (χ0) is 14.4. The molecular formula is C20H17Cl. The van der Waals surface area contributed by atoms with Gasteiger partial charge in [0.15, 0.2) is 0 Å². The van der Waals surface area contributed by atoms with Crippen LogP contribution in [0.5, 0.6) is 0 Å². The molecule has 21 heavy (non-hydrogen) atoms. The molecule has 2 aliphatic rings. The fourth-order valence-corrected chi connectivity index (χ4v) is 4.11. The summed E-state index contributed by atoms with van der Waals surface area (Å²) in [7, 11) is 0. The first-order chi connectivity index (χ1) is 10.2. The summed E-state index contributed by atoms with van der Waals surface area (Å²) in [4.78, 5) is -0.383. The highest BCUT2D eigenvalue weighted by Crippen LogP contribution is 2.54. The quantitative estimate of drug-likeness (QED) is 0.624. The molecule has 2 aliphatic carbocycles. The Bertz CT molecular complexity index is 719. The van der Waals surface area contributed by atoms with E-state index in [2.05, 4.69) is 73.7 Å².